The quantitative estimate of drug-likeness (QED) is 0.631. The number of carbonyl (C=O) groups excluding carboxylic acids is 1. The summed E-state index contributed by atoms with van der Waals surface area (Å²) in [4.78, 5) is 12.4. The van der Waals surface area contributed by atoms with E-state index in [2.05, 4.69) is 24.0 Å². The fourth-order valence-corrected chi connectivity index (χ4v) is 7.71. The molecule has 24 heavy (non-hydrogen) atoms. The van der Waals surface area contributed by atoms with E-state index in [1.54, 1.807) is 11.8 Å². The predicted octanol–water partition coefficient (Wildman–Crippen LogP) is 4.90. The number of hydrogen-bond donors (Lipinski definition) is 0. The normalized spacial score (nSPS) is 46.8. The van der Waals surface area contributed by atoms with Crippen LogP contribution in [-0.4, -0.2) is 11.0 Å². The van der Waals surface area contributed by atoms with Crippen LogP contribution in [0.15, 0.2) is 0 Å². The molecule has 0 spiro atoms. The molecule has 0 heterocycles. The third-order valence-electron chi connectivity index (χ3n) is 7.96. The Morgan fingerprint density at radius 2 is 1.92 bits per heavy atom. The van der Waals surface area contributed by atoms with Gasteiger partial charge in [-0.2, -0.15) is 0 Å². The molecular formula is C22H28OS. The SMILES string of the molecule is C#CC#CSC1CCC2C(CCC3C2CC[C@]2(C)C(=O)CCC32)C1. The second kappa shape index (κ2) is 6.46. The average Bonchev–Trinajstić information content (AvgIpc) is 2.90. The van der Waals surface area contributed by atoms with Gasteiger partial charge in [-0.15, -0.1) is 6.42 Å². The summed E-state index contributed by atoms with van der Waals surface area (Å²) in [5.74, 6) is 9.98. The lowest BCUT2D eigenvalue weighted by Crippen LogP contribution is -2.48. The van der Waals surface area contributed by atoms with Crippen molar-refractivity contribution in [2.45, 2.75) is 70.0 Å². The summed E-state index contributed by atoms with van der Waals surface area (Å²) in [6.45, 7) is 2.28. The van der Waals surface area contributed by atoms with Crippen molar-refractivity contribution in [3.05, 3.63) is 0 Å². The van der Waals surface area contributed by atoms with Crippen molar-refractivity contribution in [1.29, 1.82) is 0 Å². The van der Waals surface area contributed by atoms with Crippen molar-refractivity contribution < 1.29 is 4.79 Å². The van der Waals surface area contributed by atoms with Crippen LogP contribution in [0.5, 0.6) is 0 Å². The Bertz CT molecular complexity index is 620. The molecule has 7 atom stereocenters. The maximum atomic E-state index is 12.4. The minimum atomic E-state index is 0.0336. The van der Waals surface area contributed by atoms with Crippen LogP contribution in [-0.2, 0) is 4.79 Å². The highest BCUT2D eigenvalue weighted by Crippen LogP contribution is 2.61. The van der Waals surface area contributed by atoms with Crippen LogP contribution in [0.1, 0.15) is 64.7 Å². The molecule has 0 radical (unpaired) electrons. The third-order valence-corrected chi connectivity index (χ3v) is 8.95. The second-order valence-electron chi connectivity index (χ2n) is 8.78. The van der Waals surface area contributed by atoms with E-state index < -0.39 is 0 Å². The van der Waals surface area contributed by atoms with Crippen LogP contribution in [0, 0.1) is 58.5 Å². The van der Waals surface area contributed by atoms with Gasteiger partial charge in [0.15, 0.2) is 0 Å². The summed E-state index contributed by atoms with van der Waals surface area (Å²) in [5, 5.41) is 3.78. The zero-order valence-electron chi connectivity index (χ0n) is 14.7. The average molecular weight is 341 g/mol. The number of hydrogen-bond acceptors (Lipinski definition) is 2. The van der Waals surface area contributed by atoms with E-state index in [9.17, 15) is 4.79 Å². The number of terminal acetylenes is 1. The van der Waals surface area contributed by atoms with Gasteiger partial charge in [0.2, 0.25) is 0 Å². The zero-order valence-corrected chi connectivity index (χ0v) is 15.5. The Morgan fingerprint density at radius 3 is 2.75 bits per heavy atom. The number of carbonyl (C=O) groups is 1. The summed E-state index contributed by atoms with van der Waals surface area (Å²) >= 11 is 1.77. The van der Waals surface area contributed by atoms with Gasteiger partial charge < -0.3 is 0 Å². The summed E-state index contributed by atoms with van der Waals surface area (Å²) in [6, 6.07) is 0. The van der Waals surface area contributed by atoms with E-state index in [1.165, 1.54) is 44.9 Å². The van der Waals surface area contributed by atoms with Gasteiger partial charge in [-0.1, -0.05) is 18.7 Å². The molecular weight excluding hydrogens is 312 g/mol. The number of Topliss-reactive ketones (excluding diaryl/α,β-unsaturated/α-hetero) is 1. The molecule has 0 N–H and O–H groups in total. The van der Waals surface area contributed by atoms with Crippen LogP contribution in [0.2, 0.25) is 0 Å². The van der Waals surface area contributed by atoms with Gasteiger partial charge in [0, 0.05) is 17.1 Å². The van der Waals surface area contributed by atoms with Gasteiger partial charge in [-0.25, -0.2) is 0 Å². The molecule has 0 saturated heterocycles. The van der Waals surface area contributed by atoms with Crippen molar-refractivity contribution in [1.82, 2.24) is 0 Å². The van der Waals surface area contributed by atoms with E-state index >= 15 is 0 Å². The van der Waals surface area contributed by atoms with Crippen LogP contribution >= 0.6 is 11.8 Å². The molecule has 0 amide bonds. The van der Waals surface area contributed by atoms with E-state index in [0.29, 0.717) is 17.0 Å². The number of thioether (sulfide) groups is 1. The van der Waals surface area contributed by atoms with E-state index in [-0.39, 0.29) is 5.41 Å². The minimum absolute atomic E-state index is 0.0336. The van der Waals surface area contributed by atoms with E-state index in [0.717, 1.165) is 36.5 Å². The molecule has 4 aliphatic carbocycles. The van der Waals surface area contributed by atoms with Crippen LogP contribution in [0.4, 0.5) is 0 Å². The highest BCUT2D eigenvalue weighted by molar-refractivity contribution is 8.04. The Morgan fingerprint density at radius 1 is 1.08 bits per heavy atom. The minimum Gasteiger partial charge on any atom is -0.299 e. The van der Waals surface area contributed by atoms with Crippen LogP contribution in [0.25, 0.3) is 0 Å². The van der Waals surface area contributed by atoms with Gasteiger partial charge in [-0.05, 0) is 98.0 Å². The van der Waals surface area contributed by atoms with Gasteiger partial charge >= 0.3 is 0 Å². The molecule has 128 valence electrons. The Labute approximate surface area is 151 Å². The lowest BCUT2D eigenvalue weighted by molar-refractivity contribution is -0.132. The molecule has 1 nitrogen and oxygen atoms in total. The molecule has 0 aromatic rings. The summed E-state index contributed by atoms with van der Waals surface area (Å²) < 4.78 is 0. The molecule has 2 heteroatoms. The van der Waals surface area contributed by atoms with Crippen molar-refractivity contribution in [2.75, 3.05) is 0 Å². The lowest BCUT2D eigenvalue weighted by atomic mass is 9.50. The van der Waals surface area contributed by atoms with Crippen molar-refractivity contribution in [2.24, 2.45) is 35.0 Å². The molecule has 0 bridgehead atoms. The summed E-state index contributed by atoms with van der Waals surface area (Å²) in [7, 11) is 0. The smallest absolute Gasteiger partial charge is 0.139 e. The largest absolute Gasteiger partial charge is 0.299 e. The zero-order chi connectivity index (χ0) is 16.7. The predicted molar refractivity (Wildman–Crippen MR) is 100 cm³/mol. The first kappa shape index (κ1) is 16.6. The van der Waals surface area contributed by atoms with Gasteiger partial charge in [0.25, 0.3) is 0 Å². The Hall–Kier alpha value is -0.860. The monoisotopic (exact) mass is 340 g/mol. The first-order valence-corrected chi connectivity index (χ1v) is 10.7. The fraction of sp³-hybridized carbons (Fsp3) is 0.773. The fourth-order valence-electron chi connectivity index (χ4n) is 6.83. The molecule has 4 aliphatic rings. The highest BCUT2D eigenvalue weighted by Gasteiger charge is 2.56. The molecule has 0 aliphatic heterocycles. The standard InChI is InChI=1S/C22H28OS/c1-3-4-13-24-16-6-8-17-15(14-16)5-7-19-18(17)11-12-22(2)20(19)9-10-21(22)23/h1,15-20H,5-12,14H2,2H3/t15?,16?,17?,18?,19?,20?,22-/m0/s1. The molecule has 6 unspecified atom stereocenters. The van der Waals surface area contributed by atoms with Gasteiger partial charge in [-0.3, -0.25) is 4.79 Å². The van der Waals surface area contributed by atoms with E-state index in [4.69, 9.17) is 6.42 Å². The first-order valence-electron chi connectivity index (χ1n) is 9.78. The lowest BCUT2D eigenvalue weighted by Gasteiger charge is -2.54. The molecule has 4 rings (SSSR count). The maximum absolute atomic E-state index is 12.4. The maximum Gasteiger partial charge on any atom is 0.139 e. The number of ketones is 1. The topological polar surface area (TPSA) is 17.1 Å². The Kier molecular flexibility index (Phi) is 4.47. The summed E-state index contributed by atoms with van der Waals surface area (Å²) in [5.41, 5.74) is 0.0336. The summed E-state index contributed by atoms with van der Waals surface area (Å²) in [6.07, 6.45) is 16.5. The second-order valence-corrected chi connectivity index (χ2v) is 9.88. The van der Waals surface area contributed by atoms with Crippen molar-refractivity contribution in [3.63, 3.8) is 0 Å². The number of fused-ring (bicyclic) bond motifs is 5. The van der Waals surface area contributed by atoms with Gasteiger partial charge in [0.1, 0.15) is 5.78 Å². The first-order chi connectivity index (χ1) is 11.6. The van der Waals surface area contributed by atoms with Gasteiger partial charge in [0.05, 0.1) is 0 Å². The molecule has 0 aromatic heterocycles. The molecule has 4 fully saturated rings. The third kappa shape index (κ3) is 2.63. The Balaban J connectivity index is 1.45. The van der Waals surface area contributed by atoms with Crippen LogP contribution < -0.4 is 0 Å². The molecule has 0 aromatic carbocycles. The van der Waals surface area contributed by atoms with Crippen LogP contribution in [0.3, 0.4) is 0 Å². The molecule has 4 saturated carbocycles. The van der Waals surface area contributed by atoms with Crippen molar-refractivity contribution >= 4 is 17.5 Å². The van der Waals surface area contributed by atoms with E-state index in [1.807, 2.05) is 0 Å². The number of rotatable bonds is 1. The van der Waals surface area contributed by atoms with Crippen molar-refractivity contribution in [3.8, 4) is 23.5 Å². The highest BCUT2D eigenvalue weighted by atomic mass is 32.2.